The minimum atomic E-state index is -3.01. The minimum absolute atomic E-state index is 0.0526. The SMILES string of the molecule is Cc1c(C(=O)NCCCS(C)(=O)=O)oc2c1ccc1ccccc12. The highest BCUT2D eigenvalue weighted by Crippen LogP contribution is 2.31. The van der Waals surface area contributed by atoms with Crippen molar-refractivity contribution >= 4 is 37.5 Å². The maximum Gasteiger partial charge on any atom is 0.287 e. The van der Waals surface area contributed by atoms with E-state index in [0.29, 0.717) is 18.5 Å². The second kappa shape index (κ2) is 6.28. The van der Waals surface area contributed by atoms with Crippen LogP contribution in [0.25, 0.3) is 21.7 Å². The molecule has 24 heavy (non-hydrogen) atoms. The number of hydrogen-bond acceptors (Lipinski definition) is 4. The lowest BCUT2D eigenvalue weighted by Crippen LogP contribution is -2.26. The average Bonchev–Trinajstić information content (AvgIpc) is 2.88. The molecule has 0 radical (unpaired) electrons. The van der Waals surface area contributed by atoms with Gasteiger partial charge in [-0.3, -0.25) is 4.79 Å². The Labute approximate surface area is 140 Å². The summed E-state index contributed by atoms with van der Waals surface area (Å²) in [6.07, 6.45) is 1.57. The molecule has 1 N–H and O–H groups in total. The fraction of sp³-hybridized carbons (Fsp3) is 0.278. The standard InChI is InChI=1S/C18H19NO4S/c1-12-14-9-8-13-6-3-4-7-15(13)17(14)23-16(12)18(20)19-10-5-11-24(2,21)22/h3-4,6-9H,5,10-11H2,1-2H3,(H,19,20). The minimum Gasteiger partial charge on any atom is -0.450 e. The molecule has 6 heteroatoms. The predicted octanol–water partition coefficient (Wildman–Crippen LogP) is 3.06. The highest BCUT2D eigenvalue weighted by Gasteiger charge is 2.18. The number of hydrogen-bond donors (Lipinski definition) is 1. The van der Waals surface area contributed by atoms with Gasteiger partial charge in [0.05, 0.1) is 5.75 Å². The number of furan rings is 1. The van der Waals surface area contributed by atoms with Crippen LogP contribution in [0.2, 0.25) is 0 Å². The Bertz CT molecular complexity index is 1020. The number of rotatable bonds is 5. The molecule has 0 atom stereocenters. The summed E-state index contributed by atoms with van der Waals surface area (Å²) in [5.41, 5.74) is 1.49. The van der Waals surface area contributed by atoms with Gasteiger partial charge in [0.2, 0.25) is 0 Å². The van der Waals surface area contributed by atoms with Gasteiger partial charge in [0, 0.05) is 29.1 Å². The van der Waals surface area contributed by atoms with Gasteiger partial charge in [-0.15, -0.1) is 0 Å². The van der Waals surface area contributed by atoms with Gasteiger partial charge in [0.15, 0.2) is 5.76 Å². The molecule has 0 aliphatic rings. The van der Waals surface area contributed by atoms with E-state index in [1.807, 2.05) is 43.3 Å². The first kappa shape index (κ1) is 16.5. The highest BCUT2D eigenvalue weighted by atomic mass is 32.2. The molecule has 1 aromatic heterocycles. The Morgan fingerprint density at radius 3 is 2.62 bits per heavy atom. The molecule has 0 unspecified atom stereocenters. The van der Waals surface area contributed by atoms with E-state index in [-0.39, 0.29) is 17.4 Å². The third-order valence-corrected chi connectivity index (χ3v) is 5.04. The molecule has 0 saturated carbocycles. The van der Waals surface area contributed by atoms with Crippen molar-refractivity contribution in [2.24, 2.45) is 0 Å². The lowest BCUT2D eigenvalue weighted by atomic mass is 10.1. The van der Waals surface area contributed by atoms with Gasteiger partial charge >= 0.3 is 0 Å². The van der Waals surface area contributed by atoms with Crippen molar-refractivity contribution in [2.75, 3.05) is 18.6 Å². The summed E-state index contributed by atoms with van der Waals surface area (Å²) < 4.78 is 28.1. The topological polar surface area (TPSA) is 76.4 Å². The van der Waals surface area contributed by atoms with Crippen molar-refractivity contribution in [1.29, 1.82) is 0 Å². The van der Waals surface area contributed by atoms with Crippen molar-refractivity contribution in [3.05, 3.63) is 47.7 Å². The Balaban J connectivity index is 1.85. The Kier molecular flexibility index (Phi) is 4.32. The summed E-state index contributed by atoms with van der Waals surface area (Å²) in [6.45, 7) is 2.15. The summed E-state index contributed by atoms with van der Waals surface area (Å²) in [7, 11) is -3.01. The molecule has 1 amide bonds. The molecule has 3 rings (SSSR count). The third kappa shape index (κ3) is 3.28. The van der Waals surface area contributed by atoms with E-state index >= 15 is 0 Å². The maximum absolute atomic E-state index is 12.3. The van der Waals surface area contributed by atoms with Crippen molar-refractivity contribution in [3.63, 3.8) is 0 Å². The van der Waals surface area contributed by atoms with E-state index in [0.717, 1.165) is 21.7 Å². The number of benzene rings is 2. The van der Waals surface area contributed by atoms with E-state index in [9.17, 15) is 13.2 Å². The number of amides is 1. The van der Waals surface area contributed by atoms with Crippen LogP contribution in [-0.2, 0) is 9.84 Å². The number of nitrogens with one attached hydrogen (secondary N) is 1. The number of sulfone groups is 1. The zero-order valence-electron chi connectivity index (χ0n) is 13.6. The largest absolute Gasteiger partial charge is 0.450 e. The van der Waals surface area contributed by atoms with E-state index in [4.69, 9.17) is 4.42 Å². The fourth-order valence-corrected chi connectivity index (χ4v) is 3.45. The molecule has 3 aromatic rings. The first-order valence-corrected chi connectivity index (χ1v) is 9.79. The van der Waals surface area contributed by atoms with E-state index in [2.05, 4.69) is 5.32 Å². The van der Waals surface area contributed by atoms with Crippen molar-refractivity contribution in [3.8, 4) is 0 Å². The number of carbonyl (C=O) groups excluding carboxylic acids is 1. The zero-order valence-corrected chi connectivity index (χ0v) is 14.4. The van der Waals surface area contributed by atoms with E-state index in [1.54, 1.807) is 0 Å². The van der Waals surface area contributed by atoms with Crippen LogP contribution in [-0.4, -0.2) is 32.9 Å². The molecule has 5 nitrogen and oxygen atoms in total. The number of aryl methyl sites for hydroxylation is 1. The van der Waals surface area contributed by atoms with Crippen LogP contribution in [0.4, 0.5) is 0 Å². The monoisotopic (exact) mass is 345 g/mol. The lowest BCUT2D eigenvalue weighted by Gasteiger charge is -2.03. The summed E-state index contributed by atoms with van der Waals surface area (Å²) in [5.74, 6) is 0.0128. The van der Waals surface area contributed by atoms with Gasteiger partial charge in [0.1, 0.15) is 15.4 Å². The van der Waals surface area contributed by atoms with Crippen molar-refractivity contribution in [1.82, 2.24) is 5.32 Å². The molecule has 0 spiro atoms. The van der Waals surface area contributed by atoms with Crippen LogP contribution in [0.3, 0.4) is 0 Å². The van der Waals surface area contributed by atoms with Gasteiger partial charge in [-0.1, -0.05) is 36.4 Å². The number of fused-ring (bicyclic) bond motifs is 3. The average molecular weight is 345 g/mol. The normalized spacial score (nSPS) is 11.9. The molecule has 0 bridgehead atoms. The van der Waals surface area contributed by atoms with Crippen LogP contribution in [0.1, 0.15) is 22.5 Å². The van der Waals surface area contributed by atoms with Crippen molar-refractivity contribution < 1.29 is 17.6 Å². The van der Waals surface area contributed by atoms with Crippen molar-refractivity contribution in [2.45, 2.75) is 13.3 Å². The van der Waals surface area contributed by atoms with Crippen LogP contribution in [0.5, 0.6) is 0 Å². The Morgan fingerprint density at radius 1 is 1.12 bits per heavy atom. The summed E-state index contributed by atoms with van der Waals surface area (Å²) in [4.78, 5) is 12.3. The molecular formula is C18H19NO4S. The maximum atomic E-state index is 12.3. The van der Waals surface area contributed by atoms with Gasteiger partial charge in [-0.25, -0.2) is 8.42 Å². The second-order valence-corrected chi connectivity index (χ2v) is 8.22. The van der Waals surface area contributed by atoms with E-state index < -0.39 is 9.84 Å². The molecular weight excluding hydrogens is 326 g/mol. The summed E-state index contributed by atoms with van der Waals surface area (Å²) in [6, 6.07) is 11.8. The Hall–Kier alpha value is -2.34. The fourth-order valence-electron chi connectivity index (χ4n) is 2.78. The van der Waals surface area contributed by atoms with Crippen LogP contribution < -0.4 is 5.32 Å². The number of carbonyl (C=O) groups is 1. The predicted molar refractivity (Wildman–Crippen MR) is 95.1 cm³/mol. The zero-order chi connectivity index (χ0) is 17.3. The van der Waals surface area contributed by atoms with Gasteiger partial charge in [0.25, 0.3) is 5.91 Å². The highest BCUT2D eigenvalue weighted by molar-refractivity contribution is 7.90. The van der Waals surface area contributed by atoms with Gasteiger partial charge in [-0.05, 0) is 18.7 Å². The molecule has 0 fully saturated rings. The third-order valence-electron chi connectivity index (χ3n) is 4.01. The van der Waals surface area contributed by atoms with Gasteiger partial charge < -0.3 is 9.73 Å². The molecule has 1 heterocycles. The molecule has 2 aromatic carbocycles. The summed E-state index contributed by atoms with van der Waals surface area (Å²) in [5, 5.41) is 5.66. The first-order valence-electron chi connectivity index (χ1n) is 7.73. The lowest BCUT2D eigenvalue weighted by molar-refractivity contribution is 0.0927. The van der Waals surface area contributed by atoms with Crippen LogP contribution >= 0.6 is 0 Å². The van der Waals surface area contributed by atoms with Gasteiger partial charge in [-0.2, -0.15) is 0 Å². The van der Waals surface area contributed by atoms with E-state index in [1.165, 1.54) is 6.26 Å². The Morgan fingerprint density at radius 2 is 1.88 bits per heavy atom. The first-order chi connectivity index (χ1) is 11.4. The smallest absolute Gasteiger partial charge is 0.287 e. The molecule has 0 aliphatic heterocycles. The van der Waals surface area contributed by atoms with Crippen LogP contribution in [0.15, 0.2) is 40.8 Å². The molecule has 126 valence electrons. The summed E-state index contributed by atoms with van der Waals surface area (Å²) >= 11 is 0. The molecule has 0 aliphatic carbocycles. The second-order valence-electron chi connectivity index (χ2n) is 5.96. The molecule has 0 saturated heterocycles. The quantitative estimate of drug-likeness (QED) is 0.721. The van der Waals surface area contributed by atoms with Crippen LogP contribution in [0, 0.1) is 6.92 Å².